The fourth-order valence-corrected chi connectivity index (χ4v) is 3.90. The lowest BCUT2D eigenvalue weighted by molar-refractivity contribution is 0.0955. The van der Waals surface area contributed by atoms with Crippen molar-refractivity contribution < 1.29 is 9.18 Å². The molecule has 0 radical (unpaired) electrons. The van der Waals surface area contributed by atoms with E-state index >= 15 is 4.39 Å². The standard InChI is InChI=1S/C25H20FN5O.C2H6/c26-19-7-8-20-24(23(19)15-3-5-16(6-4-15)25(32)29-11-9-27)18-12-21(30-14-22(18)31-20)17-2-1-10-28-13-17;1-2/h1-8,10,12-14,31H,9,11,27H2,(H,29,32);1-2H3. The number of aromatic amines is 1. The van der Waals surface area contributed by atoms with E-state index in [0.717, 1.165) is 33.1 Å². The summed E-state index contributed by atoms with van der Waals surface area (Å²) in [6.07, 6.45) is 5.21. The number of hydrogen-bond acceptors (Lipinski definition) is 4. The van der Waals surface area contributed by atoms with Crippen LogP contribution in [0.4, 0.5) is 4.39 Å². The van der Waals surface area contributed by atoms with Gasteiger partial charge in [-0.1, -0.05) is 26.0 Å². The van der Waals surface area contributed by atoms with Gasteiger partial charge in [0.05, 0.1) is 17.4 Å². The molecule has 3 aromatic heterocycles. The number of hydrogen-bond donors (Lipinski definition) is 3. The molecule has 0 atom stereocenters. The van der Waals surface area contributed by atoms with Gasteiger partial charge in [-0.15, -0.1) is 0 Å². The second-order valence-corrected chi connectivity index (χ2v) is 7.45. The van der Waals surface area contributed by atoms with Crippen LogP contribution in [0.5, 0.6) is 0 Å². The Morgan fingerprint density at radius 2 is 1.82 bits per heavy atom. The van der Waals surface area contributed by atoms with Crippen LogP contribution in [0.25, 0.3) is 44.2 Å². The Bertz CT molecular complexity index is 1430. The number of aromatic nitrogens is 3. The molecule has 1 amide bonds. The molecule has 0 aliphatic heterocycles. The van der Waals surface area contributed by atoms with Crippen molar-refractivity contribution in [1.29, 1.82) is 0 Å². The first-order valence-electron chi connectivity index (χ1n) is 11.2. The van der Waals surface area contributed by atoms with Crippen molar-refractivity contribution in [1.82, 2.24) is 20.3 Å². The zero-order valence-electron chi connectivity index (χ0n) is 19.1. The van der Waals surface area contributed by atoms with Crippen LogP contribution in [0, 0.1) is 5.82 Å². The maximum atomic E-state index is 15.1. The number of amides is 1. The molecule has 2 aromatic carbocycles. The molecule has 5 aromatic rings. The lowest BCUT2D eigenvalue weighted by Crippen LogP contribution is -2.28. The summed E-state index contributed by atoms with van der Waals surface area (Å²) in [6, 6.07) is 15.8. The Balaban J connectivity index is 0.00000133. The zero-order valence-corrected chi connectivity index (χ0v) is 19.1. The minimum Gasteiger partial charge on any atom is -0.353 e. The molecule has 5 rings (SSSR count). The van der Waals surface area contributed by atoms with E-state index in [-0.39, 0.29) is 11.7 Å². The normalized spacial score (nSPS) is 10.7. The SMILES string of the molecule is CC.NCCNC(=O)c1ccc(-c2c(F)ccc3[nH]c4cnc(-c5cccnc5)cc4c23)cc1. The molecule has 0 fully saturated rings. The maximum absolute atomic E-state index is 15.1. The highest BCUT2D eigenvalue weighted by Gasteiger charge is 2.17. The van der Waals surface area contributed by atoms with Gasteiger partial charge in [0.1, 0.15) is 5.82 Å². The van der Waals surface area contributed by atoms with E-state index in [9.17, 15) is 4.79 Å². The van der Waals surface area contributed by atoms with Crippen molar-refractivity contribution in [2.75, 3.05) is 13.1 Å². The van der Waals surface area contributed by atoms with Gasteiger partial charge in [0, 0.05) is 58.5 Å². The van der Waals surface area contributed by atoms with Gasteiger partial charge in [-0.25, -0.2) is 4.39 Å². The highest BCUT2D eigenvalue weighted by molar-refractivity contribution is 6.14. The number of halogens is 1. The molecule has 0 unspecified atom stereocenters. The highest BCUT2D eigenvalue weighted by atomic mass is 19.1. The number of H-pyrrole nitrogens is 1. The molecule has 34 heavy (non-hydrogen) atoms. The third-order valence-corrected chi connectivity index (χ3v) is 5.42. The monoisotopic (exact) mass is 455 g/mol. The lowest BCUT2D eigenvalue weighted by Gasteiger charge is -2.09. The van der Waals surface area contributed by atoms with E-state index in [1.54, 1.807) is 48.9 Å². The third-order valence-electron chi connectivity index (χ3n) is 5.42. The molecule has 0 aliphatic carbocycles. The molecule has 4 N–H and O–H groups in total. The minimum absolute atomic E-state index is 0.208. The second-order valence-electron chi connectivity index (χ2n) is 7.45. The van der Waals surface area contributed by atoms with Crippen LogP contribution in [0.15, 0.2) is 73.2 Å². The molecular weight excluding hydrogens is 429 g/mol. The molecule has 7 heteroatoms. The number of carbonyl (C=O) groups excluding carboxylic acids is 1. The Morgan fingerprint density at radius 3 is 2.53 bits per heavy atom. The predicted molar refractivity (Wildman–Crippen MR) is 135 cm³/mol. The number of nitrogens with one attached hydrogen (secondary N) is 2. The average molecular weight is 456 g/mol. The third kappa shape index (κ3) is 4.38. The van der Waals surface area contributed by atoms with Gasteiger partial charge in [-0.05, 0) is 48.0 Å². The largest absolute Gasteiger partial charge is 0.353 e. The number of nitrogens with two attached hydrogens (primary N) is 1. The summed E-state index contributed by atoms with van der Waals surface area (Å²) in [5.41, 5.74) is 10.4. The fraction of sp³-hybridized carbons (Fsp3) is 0.148. The predicted octanol–water partition coefficient (Wildman–Crippen LogP) is 5.30. The van der Waals surface area contributed by atoms with Crippen LogP contribution in [0.1, 0.15) is 24.2 Å². The van der Waals surface area contributed by atoms with Crippen molar-refractivity contribution in [3.8, 4) is 22.4 Å². The van der Waals surface area contributed by atoms with Gasteiger partial charge in [-0.3, -0.25) is 14.8 Å². The van der Waals surface area contributed by atoms with Crippen LogP contribution in [-0.2, 0) is 0 Å². The van der Waals surface area contributed by atoms with E-state index in [0.29, 0.717) is 29.8 Å². The Morgan fingerprint density at radius 1 is 1.03 bits per heavy atom. The number of nitrogens with zero attached hydrogens (tertiary/aromatic N) is 2. The Kier molecular flexibility index (Phi) is 6.94. The van der Waals surface area contributed by atoms with Crippen LogP contribution >= 0.6 is 0 Å². The van der Waals surface area contributed by atoms with Crippen LogP contribution in [-0.4, -0.2) is 33.9 Å². The smallest absolute Gasteiger partial charge is 0.251 e. The Labute approximate surface area is 197 Å². The average Bonchev–Trinajstić information content (AvgIpc) is 3.27. The summed E-state index contributed by atoms with van der Waals surface area (Å²) in [5, 5.41) is 4.38. The highest BCUT2D eigenvalue weighted by Crippen LogP contribution is 2.37. The minimum atomic E-state index is -0.335. The first-order valence-corrected chi connectivity index (χ1v) is 11.2. The first kappa shape index (κ1) is 23.1. The van der Waals surface area contributed by atoms with Gasteiger partial charge in [-0.2, -0.15) is 0 Å². The molecule has 0 spiro atoms. The Hall–Kier alpha value is -4.10. The van der Waals surface area contributed by atoms with Gasteiger partial charge in [0.2, 0.25) is 0 Å². The summed E-state index contributed by atoms with van der Waals surface area (Å²) < 4.78 is 15.1. The molecule has 0 bridgehead atoms. The fourth-order valence-electron chi connectivity index (χ4n) is 3.90. The van der Waals surface area contributed by atoms with Gasteiger partial charge < -0.3 is 16.0 Å². The van der Waals surface area contributed by atoms with Crippen LogP contribution in [0.3, 0.4) is 0 Å². The summed E-state index contributed by atoms with van der Waals surface area (Å²) >= 11 is 0. The summed E-state index contributed by atoms with van der Waals surface area (Å²) in [7, 11) is 0. The number of rotatable bonds is 5. The molecule has 172 valence electrons. The van der Waals surface area contributed by atoms with E-state index in [1.165, 1.54) is 6.07 Å². The van der Waals surface area contributed by atoms with Crippen LogP contribution in [0.2, 0.25) is 0 Å². The van der Waals surface area contributed by atoms with Gasteiger partial charge >= 0.3 is 0 Å². The van der Waals surface area contributed by atoms with Gasteiger partial charge in [0.25, 0.3) is 5.91 Å². The molecule has 3 heterocycles. The van der Waals surface area contributed by atoms with E-state index in [2.05, 4.69) is 20.3 Å². The summed E-state index contributed by atoms with van der Waals surface area (Å²) in [5.74, 6) is -0.543. The van der Waals surface area contributed by atoms with E-state index < -0.39 is 0 Å². The van der Waals surface area contributed by atoms with E-state index in [4.69, 9.17) is 5.73 Å². The molecule has 6 nitrogen and oxygen atoms in total. The summed E-state index contributed by atoms with van der Waals surface area (Å²) in [6.45, 7) is 4.77. The molecule has 0 saturated heterocycles. The van der Waals surface area contributed by atoms with Crippen LogP contribution < -0.4 is 11.1 Å². The molecular formula is C27H26FN5O. The molecule has 0 saturated carbocycles. The van der Waals surface area contributed by atoms with Crippen molar-refractivity contribution in [2.45, 2.75) is 13.8 Å². The van der Waals surface area contributed by atoms with Gasteiger partial charge in [0.15, 0.2) is 0 Å². The van der Waals surface area contributed by atoms with E-state index in [1.807, 2.05) is 32.0 Å². The van der Waals surface area contributed by atoms with Crippen molar-refractivity contribution in [3.05, 3.63) is 84.6 Å². The lowest BCUT2D eigenvalue weighted by atomic mass is 9.97. The number of benzene rings is 2. The quantitative estimate of drug-likeness (QED) is 0.335. The van der Waals surface area contributed by atoms with Crippen molar-refractivity contribution in [3.63, 3.8) is 0 Å². The number of carbonyl (C=O) groups is 1. The maximum Gasteiger partial charge on any atom is 0.251 e. The second kappa shape index (κ2) is 10.2. The zero-order chi connectivity index (χ0) is 24.1. The number of fused-ring (bicyclic) bond motifs is 3. The topological polar surface area (TPSA) is 96.7 Å². The first-order chi connectivity index (χ1) is 16.7. The molecule has 0 aliphatic rings. The van der Waals surface area contributed by atoms with Crippen molar-refractivity contribution in [2.24, 2.45) is 5.73 Å². The number of pyridine rings is 2. The van der Waals surface area contributed by atoms with Crippen molar-refractivity contribution >= 4 is 27.7 Å². The summed E-state index contributed by atoms with van der Waals surface area (Å²) in [4.78, 5) is 24.2.